The Kier molecular flexibility index (Phi) is 6.46. The average molecular weight is 442 g/mol. The van der Waals surface area contributed by atoms with Crippen molar-refractivity contribution < 1.29 is 13.2 Å². The molecule has 0 unspecified atom stereocenters. The van der Waals surface area contributed by atoms with E-state index in [2.05, 4.69) is 17.0 Å². The summed E-state index contributed by atoms with van der Waals surface area (Å²) in [4.78, 5) is 17.4. The van der Waals surface area contributed by atoms with Crippen molar-refractivity contribution in [2.45, 2.75) is 44.2 Å². The minimum Gasteiger partial charge on any atom is -0.339 e. The van der Waals surface area contributed by atoms with E-state index in [-0.39, 0.29) is 5.91 Å². The summed E-state index contributed by atoms with van der Waals surface area (Å²) in [5, 5.41) is 0. The van der Waals surface area contributed by atoms with Crippen LogP contribution in [0.4, 0.5) is 0 Å². The number of carbonyl (C=O) groups is 1. The first-order chi connectivity index (χ1) is 14.8. The Hall–Kier alpha value is -2.22. The molecule has 0 bridgehead atoms. The van der Waals surface area contributed by atoms with Gasteiger partial charge in [0.05, 0.1) is 11.4 Å². The summed E-state index contributed by atoms with van der Waals surface area (Å²) in [5.74, 6) is 0.0889. The van der Waals surface area contributed by atoms with Crippen LogP contribution in [0.25, 0.3) is 0 Å². The maximum Gasteiger partial charge on any atom is 0.243 e. The van der Waals surface area contributed by atoms with Gasteiger partial charge in [-0.25, -0.2) is 8.42 Å². The zero-order valence-corrected chi connectivity index (χ0v) is 19.1. The summed E-state index contributed by atoms with van der Waals surface area (Å²) < 4.78 is 27.5. The van der Waals surface area contributed by atoms with Crippen LogP contribution >= 0.6 is 0 Å². The molecule has 1 aliphatic heterocycles. The van der Waals surface area contributed by atoms with E-state index >= 15 is 0 Å². The topological polar surface area (TPSA) is 60.9 Å². The van der Waals surface area contributed by atoms with Crippen molar-refractivity contribution in [1.29, 1.82) is 0 Å². The molecule has 1 aliphatic carbocycles. The Labute approximate surface area is 185 Å². The van der Waals surface area contributed by atoms with Crippen molar-refractivity contribution in [3.05, 3.63) is 65.2 Å². The number of piperazine rings is 1. The second kappa shape index (κ2) is 9.10. The van der Waals surface area contributed by atoms with Gasteiger partial charge in [0.15, 0.2) is 0 Å². The van der Waals surface area contributed by atoms with Gasteiger partial charge in [-0.3, -0.25) is 9.69 Å². The van der Waals surface area contributed by atoms with Gasteiger partial charge in [-0.2, -0.15) is 4.31 Å². The second-order valence-corrected chi connectivity index (χ2v) is 10.6. The number of hydrogen-bond donors (Lipinski definition) is 0. The molecule has 31 heavy (non-hydrogen) atoms. The van der Waals surface area contributed by atoms with Crippen LogP contribution in [0, 0.1) is 13.8 Å². The Morgan fingerprint density at radius 3 is 2.26 bits per heavy atom. The van der Waals surface area contributed by atoms with Gasteiger partial charge < -0.3 is 4.90 Å². The van der Waals surface area contributed by atoms with E-state index in [1.807, 2.05) is 43.0 Å². The predicted octanol–water partition coefficient (Wildman–Crippen LogP) is 2.80. The number of carbonyl (C=O) groups excluding carboxylic acids is 1. The Balaban J connectivity index is 1.35. The first-order valence-corrected chi connectivity index (χ1v) is 12.4. The van der Waals surface area contributed by atoms with Gasteiger partial charge in [0.1, 0.15) is 0 Å². The maximum absolute atomic E-state index is 13.0. The van der Waals surface area contributed by atoms with E-state index < -0.39 is 10.0 Å². The predicted molar refractivity (Wildman–Crippen MR) is 121 cm³/mol. The normalized spacial score (nSPS) is 17.8. The fraction of sp³-hybridized carbons (Fsp3) is 0.458. The number of aryl methyl sites for hydroxylation is 2. The summed E-state index contributed by atoms with van der Waals surface area (Å²) in [6.45, 7) is 6.61. The molecule has 0 radical (unpaired) electrons. The van der Waals surface area contributed by atoms with Crippen molar-refractivity contribution in [2.24, 2.45) is 0 Å². The lowest BCUT2D eigenvalue weighted by molar-refractivity contribution is -0.133. The standard InChI is InChI=1S/C24H31N3O3S/c1-19-8-11-23(16-20(19)2)31(29,30)27-14-12-25(13-15-27)24(28)18-26(22-9-10-22)17-21-6-4-3-5-7-21/h3-8,11,16,22H,9-10,12-15,17-18H2,1-2H3. The number of sulfonamides is 1. The van der Waals surface area contributed by atoms with Gasteiger partial charge >= 0.3 is 0 Å². The maximum atomic E-state index is 13.0. The molecule has 2 aromatic carbocycles. The first kappa shape index (κ1) is 22.0. The molecule has 1 saturated heterocycles. The van der Waals surface area contributed by atoms with Crippen LogP contribution in [0.1, 0.15) is 29.5 Å². The van der Waals surface area contributed by atoms with Crippen molar-refractivity contribution in [1.82, 2.24) is 14.1 Å². The van der Waals surface area contributed by atoms with Gasteiger partial charge in [0.2, 0.25) is 15.9 Å². The van der Waals surface area contributed by atoms with Gasteiger partial charge in [-0.15, -0.1) is 0 Å². The third-order valence-electron chi connectivity index (χ3n) is 6.34. The molecule has 0 atom stereocenters. The molecule has 4 rings (SSSR count). The largest absolute Gasteiger partial charge is 0.339 e. The lowest BCUT2D eigenvalue weighted by Crippen LogP contribution is -2.52. The summed E-state index contributed by atoms with van der Waals surface area (Å²) >= 11 is 0. The van der Waals surface area contributed by atoms with Gasteiger partial charge in [-0.05, 0) is 55.5 Å². The molecule has 0 spiro atoms. The van der Waals surface area contributed by atoms with Gasteiger partial charge in [0.25, 0.3) is 0 Å². The van der Waals surface area contributed by atoms with E-state index in [4.69, 9.17) is 0 Å². The molecule has 1 amide bonds. The molecule has 2 aromatic rings. The highest BCUT2D eigenvalue weighted by atomic mass is 32.2. The van der Waals surface area contributed by atoms with Crippen molar-refractivity contribution >= 4 is 15.9 Å². The van der Waals surface area contributed by atoms with Crippen LogP contribution in [0.2, 0.25) is 0 Å². The van der Waals surface area contributed by atoms with E-state index in [1.54, 1.807) is 12.1 Å². The molecule has 7 heteroatoms. The van der Waals surface area contributed by atoms with Gasteiger partial charge in [0, 0.05) is 38.8 Å². The summed E-state index contributed by atoms with van der Waals surface area (Å²) in [6, 6.07) is 16.0. The molecule has 2 fully saturated rings. The van der Waals surface area contributed by atoms with E-state index in [9.17, 15) is 13.2 Å². The lowest BCUT2D eigenvalue weighted by Gasteiger charge is -2.35. The third-order valence-corrected chi connectivity index (χ3v) is 8.23. The molecule has 6 nitrogen and oxygen atoms in total. The van der Waals surface area contributed by atoms with Crippen LogP contribution in [0.15, 0.2) is 53.4 Å². The van der Waals surface area contributed by atoms with Gasteiger partial charge in [-0.1, -0.05) is 36.4 Å². The van der Waals surface area contributed by atoms with Crippen LogP contribution in [-0.2, 0) is 21.4 Å². The van der Waals surface area contributed by atoms with E-state index in [0.29, 0.717) is 43.7 Å². The van der Waals surface area contributed by atoms with Crippen LogP contribution < -0.4 is 0 Å². The number of amides is 1. The van der Waals surface area contributed by atoms with Crippen molar-refractivity contribution in [3.8, 4) is 0 Å². The van der Waals surface area contributed by atoms with Crippen LogP contribution in [-0.4, -0.2) is 67.2 Å². The highest BCUT2D eigenvalue weighted by molar-refractivity contribution is 7.89. The SMILES string of the molecule is Cc1ccc(S(=O)(=O)N2CCN(C(=O)CN(Cc3ccccc3)C3CC3)CC2)cc1C. The fourth-order valence-electron chi connectivity index (χ4n) is 4.05. The van der Waals surface area contributed by atoms with Crippen LogP contribution in [0.3, 0.4) is 0 Å². The van der Waals surface area contributed by atoms with Crippen molar-refractivity contribution in [3.63, 3.8) is 0 Å². The molecular formula is C24H31N3O3S. The lowest BCUT2D eigenvalue weighted by atomic mass is 10.1. The molecule has 0 N–H and O–H groups in total. The Morgan fingerprint density at radius 2 is 1.65 bits per heavy atom. The zero-order chi connectivity index (χ0) is 22.0. The molecule has 0 aromatic heterocycles. The molecule has 2 aliphatic rings. The summed E-state index contributed by atoms with van der Waals surface area (Å²) in [7, 11) is -3.53. The highest BCUT2D eigenvalue weighted by Gasteiger charge is 2.34. The first-order valence-electron chi connectivity index (χ1n) is 11.0. The van der Waals surface area contributed by atoms with E-state index in [0.717, 1.165) is 30.5 Å². The fourth-order valence-corrected chi connectivity index (χ4v) is 5.55. The quantitative estimate of drug-likeness (QED) is 0.663. The molecule has 166 valence electrons. The van der Waals surface area contributed by atoms with Crippen molar-refractivity contribution in [2.75, 3.05) is 32.7 Å². The van der Waals surface area contributed by atoms with E-state index in [1.165, 1.54) is 9.87 Å². The second-order valence-electron chi connectivity index (χ2n) is 8.65. The number of benzene rings is 2. The zero-order valence-electron chi connectivity index (χ0n) is 18.3. The average Bonchev–Trinajstić information content (AvgIpc) is 3.61. The molecule has 1 saturated carbocycles. The minimum absolute atomic E-state index is 0.0889. The Bertz CT molecular complexity index is 1030. The minimum atomic E-state index is -3.53. The Morgan fingerprint density at radius 1 is 0.968 bits per heavy atom. The number of rotatable bonds is 7. The highest BCUT2D eigenvalue weighted by Crippen LogP contribution is 2.28. The third kappa shape index (κ3) is 5.17. The molecular weight excluding hydrogens is 410 g/mol. The number of nitrogens with zero attached hydrogens (tertiary/aromatic N) is 3. The monoisotopic (exact) mass is 441 g/mol. The van der Waals surface area contributed by atoms with Crippen LogP contribution in [0.5, 0.6) is 0 Å². The summed E-state index contributed by atoms with van der Waals surface area (Å²) in [5.41, 5.74) is 3.25. The molecule has 1 heterocycles. The number of hydrogen-bond acceptors (Lipinski definition) is 4. The smallest absolute Gasteiger partial charge is 0.243 e. The summed E-state index contributed by atoms with van der Waals surface area (Å²) in [6.07, 6.45) is 2.28.